The first-order chi connectivity index (χ1) is 10.3. The lowest BCUT2D eigenvalue weighted by atomic mass is 10.2. The van der Waals surface area contributed by atoms with Gasteiger partial charge in [-0.1, -0.05) is 18.2 Å². The summed E-state index contributed by atoms with van der Waals surface area (Å²) in [6.07, 6.45) is -4.40. The lowest BCUT2D eigenvalue weighted by Gasteiger charge is -2.22. The van der Waals surface area contributed by atoms with E-state index in [4.69, 9.17) is 4.42 Å². The molecule has 1 aromatic carbocycles. The summed E-state index contributed by atoms with van der Waals surface area (Å²) >= 11 is 0. The molecular formula is C15H17F3N2O2. The van der Waals surface area contributed by atoms with Crippen LogP contribution in [-0.4, -0.2) is 37.1 Å². The number of rotatable bonds is 5. The third kappa shape index (κ3) is 4.24. The van der Waals surface area contributed by atoms with Crippen molar-refractivity contribution in [3.05, 3.63) is 36.1 Å². The number of likely N-dealkylation sites (N-methyl/N-ethyl adjacent to an activating group) is 1. The van der Waals surface area contributed by atoms with E-state index >= 15 is 0 Å². The van der Waals surface area contributed by atoms with E-state index in [9.17, 15) is 18.0 Å². The van der Waals surface area contributed by atoms with Gasteiger partial charge in [0.2, 0.25) is 5.91 Å². The summed E-state index contributed by atoms with van der Waals surface area (Å²) in [4.78, 5) is 13.2. The molecule has 22 heavy (non-hydrogen) atoms. The molecule has 0 spiro atoms. The number of hydrogen-bond donors (Lipinski definition) is 1. The Morgan fingerprint density at radius 3 is 2.68 bits per heavy atom. The highest BCUT2D eigenvalue weighted by Gasteiger charge is 2.28. The Hall–Kier alpha value is -2.02. The van der Waals surface area contributed by atoms with Crippen molar-refractivity contribution in [3.8, 4) is 0 Å². The fraction of sp³-hybridized carbons (Fsp3) is 0.400. The number of fused-ring (bicyclic) bond motifs is 1. The van der Waals surface area contributed by atoms with Crippen LogP contribution in [-0.2, 0) is 4.79 Å². The molecule has 2 aromatic rings. The van der Waals surface area contributed by atoms with Gasteiger partial charge in [-0.25, -0.2) is 0 Å². The molecule has 0 aliphatic heterocycles. The molecule has 0 radical (unpaired) electrons. The molecule has 4 nitrogen and oxygen atoms in total. The van der Waals surface area contributed by atoms with Gasteiger partial charge in [0.25, 0.3) is 0 Å². The largest absolute Gasteiger partial charge is 0.459 e. The van der Waals surface area contributed by atoms with Crippen LogP contribution in [0.5, 0.6) is 0 Å². The topological polar surface area (TPSA) is 45.5 Å². The number of furan rings is 1. The summed E-state index contributed by atoms with van der Waals surface area (Å²) in [5.41, 5.74) is 0.735. The molecule has 7 heteroatoms. The van der Waals surface area contributed by atoms with Gasteiger partial charge in [-0.2, -0.15) is 13.2 Å². The number of carbonyl (C=O) groups excluding carboxylic acids is 1. The SMILES string of the molecule is C[C@H](c1cc2ccccc2o1)N(C)CC(=O)NCC(F)(F)F. The van der Waals surface area contributed by atoms with Crippen molar-refractivity contribution < 1.29 is 22.4 Å². The number of para-hydroxylation sites is 1. The molecule has 0 saturated heterocycles. The minimum atomic E-state index is -4.40. The highest BCUT2D eigenvalue weighted by molar-refractivity contribution is 5.79. The van der Waals surface area contributed by atoms with Crippen LogP contribution in [0.1, 0.15) is 18.7 Å². The predicted octanol–water partition coefficient (Wildman–Crippen LogP) is 3.10. The van der Waals surface area contributed by atoms with Crippen LogP contribution in [0.25, 0.3) is 11.0 Å². The second-order valence-electron chi connectivity index (χ2n) is 5.17. The Kier molecular flexibility index (Phi) is 4.75. The normalized spacial score (nSPS) is 13.5. The number of carbonyl (C=O) groups is 1. The van der Waals surface area contributed by atoms with Crippen molar-refractivity contribution in [2.24, 2.45) is 0 Å². The lowest BCUT2D eigenvalue weighted by Crippen LogP contribution is -2.40. The second-order valence-corrected chi connectivity index (χ2v) is 5.17. The van der Waals surface area contributed by atoms with Gasteiger partial charge in [-0.05, 0) is 26.1 Å². The van der Waals surface area contributed by atoms with E-state index < -0.39 is 18.6 Å². The molecule has 1 N–H and O–H groups in total. The van der Waals surface area contributed by atoms with E-state index in [1.54, 1.807) is 11.9 Å². The first-order valence-electron chi connectivity index (χ1n) is 6.78. The Labute approximate surface area is 125 Å². The van der Waals surface area contributed by atoms with Gasteiger partial charge in [-0.15, -0.1) is 0 Å². The molecule has 0 unspecified atom stereocenters. The Bertz CT molecular complexity index is 619. The van der Waals surface area contributed by atoms with E-state index in [0.717, 1.165) is 11.0 Å². The molecule has 1 aromatic heterocycles. The first-order valence-corrected chi connectivity index (χ1v) is 6.78. The maximum Gasteiger partial charge on any atom is 0.405 e. The zero-order valence-electron chi connectivity index (χ0n) is 12.3. The fourth-order valence-electron chi connectivity index (χ4n) is 2.04. The highest BCUT2D eigenvalue weighted by Crippen LogP contribution is 2.26. The predicted molar refractivity (Wildman–Crippen MR) is 76.3 cm³/mol. The van der Waals surface area contributed by atoms with Gasteiger partial charge >= 0.3 is 6.18 Å². The van der Waals surface area contributed by atoms with Crippen LogP contribution in [0.3, 0.4) is 0 Å². The van der Waals surface area contributed by atoms with Gasteiger partial charge < -0.3 is 9.73 Å². The zero-order valence-corrected chi connectivity index (χ0v) is 12.3. The summed E-state index contributed by atoms with van der Waals surface area (Å²) in [6.45, 7) is 0.363. The molecule has 120 valence electrons. The molecule has 0 fully saturated rings. The number of halogens is 3. The average molecular weight is 314 g/mol. The van der Waals surface area contributed by atoms with Crippen LogP contribution in [0.2, 0.25) is 0 Å². The third-order valence-electron chi connectivity index (χ3n) is 3.40. The number of amides is 1. The molecule has 2 rings (SSSR count). The molecule has 1 atom stereocenters. The van der Waals surface area contributed by atoms with Gasteiger partial charge in [0.1, 0.15) is 17.9 Å². The smallest absolute Gasteiger partial charge is 0.405 e. The van der Waals surface area contributed by atoms with Gasteiger partial charge in [0, 0.05) is 5.39 Å². The summed E-state index contributed by atoms with van der Waals surface area (Å²) in [5.74, 6) is -0.0184. The molecule has 1 heterocycles. The minimum Gasteiger partial charge on any atom is -0.459 e. The maximum absolute atomic E-state index is 12.1. The number of alkyl halides is 3. The lowest BCUT2D eigenvalue weighted by molar-refractivity contribution is -0.139. The summed E-state index contributed by atoms with van der Waals surface area (Å²) < 4.78 is 41.8. The van der Waals surface area contributed by atoms with Crippen molar-refractivity contribution in [3.63, 3.8) is 0 Å². The van der Waals surface area contributed by atoms with Gasteiger partial charge in [0.05, 0.1) is 12.6 Å². The average Bonchev–Trinajstić information content (AvgIpc) is 2.87. The molecule has 0 aliphatic carbocycles. The highest BCUT2D eigenvalue weighted by atomic mass is 19.4. The molecule has 1 amide bonds. The number of benzene rings is 1. The van der Waals surface area contributed by atoms with Crippen molar-refractivity contribution in [2.75, 3.05) is 20.1 Å². The fourth-order valence-corrected chi connectivity index (χ4v) is 2.04. The van der Waals surface area contributed by atoms with E-state index in [1.165, 1.54) is 0 Å². The van der Waals surface area contributed by atoms with E-state index in [1.807, 2.05) is 42.6 Å². The monoisotopic (exact) mass is 314 g/mol. The van der Waals surface area contributed by atoms with E-state index in [2.05, 4.69) is 0 Å². The van der Waals surface area contributed by atoms with E-state index in [-0.39, 0.29) is 12.6 Å². The first kappa shape index (κ1) is 16.4. The van der Waals surface area contributed by atoms with Crippen LogP contribution < -0.4 is 5.32 Å². The van der Waals surface area contributed by atoms with Crippen LogP contribution in [0.15, 0.2) is 34.7 Å². The van der Waals surface area contributed by atoms with Crippen molar-refractivity contribution in [1.29, 1.82) is 0 Å². The van der Waals surface area contributed by atoms with Crippen molar-refractivity contribution in [1.82, 2.24) is 10.2 Å². The maximum atomic E-state index is 12.1. The zero-order chi connectivity index (χ0) is 16.3. The summed E-state index contributed by atoms with van der Waals surface area (Å²) in [6, 6.07) is 9.12. The number of hydrogen-bond acceptors (Lipinski definition) is 3. The van der Waals surface area contributed by atoms with Gasteiger partial charge in [0.15, 0.2) is 0 Å². The second kappa shape index (κ2) is 6.39. The molecule has 0 aliphatic rings. The standard InChI is InChI=1S/C15H17F3N2O2/c1-10(13-7-11-5-3-4-6-12(11)22-13)20(2)8-14(21)19-9-15(16,17)18/h3-7,10H,8-9H2,1-2H3,(H,19,21)/t10-/m1/s1. The molecular weight excluding hydrogens is 297 g/mol. The molecule has 0 bridgehead atoms. The Morgan fingerprint density at radius 2 is 2.05 bits per heavy atom. The Balaban J connectivity index is 1.96. The van der Waals surface area contributed by atoms with Crippen molar-refractivity contribution >= 4 is 16.9 Å². The number of nitrogens with one attached hydrogen (secondary N) is 1. The third-order valence-corrected chi connectivity index (χ3v) is 3.40. The summed E-state index contributed by atoms with van der Waals surface area (Å²) in [7, 11) is 1.66. The van der Waals surface area contributed by atoms with Crippen molar-refractivity contribution in [2.45, 2.75) is 19.1 Å². The quantitative estimate of drug-likeness (QED) is 0.922. The van der Waals surface area contributed by atoms with Gasteiger partial charge in [-0.3, -0.25) is 9.69 Å². The summed E-state index contributed by atoms with van der Waals surface area (Å²) in [5, 5.41) is 2.79. The Morgan fingerprint density at radius 1 is 1.36 bits per heavy atom. The van der Waals surface area contributed by atoms with Crippen LogP contribution >= 0.6 is 0 Å². The minimum absolute atomic E-state index is 0.145. The van der Waals surface area contributed by atoms with E-state index in [0.29, 0.717) is 5.76 Å². The molecule has 0 saturated carbocycles. The van der Waals surface area contributed by atoms with Crippen LogP contribution in [0, 0.1) is 0 Å². The van der Waals surface area contributed by atoms with Crippen LogP contribution in [0.4, 0.5) is 13.2 Å². The number of nitrogens with zero attached hydrogens (tertiary/aromatic N) is 1.